The van der Waals surface area contributed by atoms with Crippen LogP contribution in [0.1, 0.15) is 5.56 Å². The van der Waals surface area contributed by atoms with Crippen molar-refractivity contribution in [2.24, 2.45) is 0 Å². The Morgan fingerprint density at radius 2 is 1.75 bits per heavy atom. The molecule has 0 saturated heterocycles. The first-order valence-corrected chi connectivity index (χ1v) is 4.84. The van der Waals surface area contributed by atoms with Gasteiger partial charge in [-0.05, 0) is 19.1 Å². The summed E-state index contributed by atoms with van der Waals surface area (Å²) in [7, 11) is -2.37. The van der Waals surface area contributed by atoms with Gasteiger partial charge in [-0.15, -0.1) is 0 Å². The van der Waals surface area contributed by atoms with E-state index in [1.165, 1.54) is 12.1 Å². The van der Waals surface area contributed by atoms with Crippen LogP contribution in [-0.2, 0) is 14.2 Å². The van der Waals surface area contributed by atoms with E-state index in [9.17, 15) is 8.42 Å². The molecule has 0 unspecified atom stereocenters. The zero-order valence-electron chi connectivity index (χ0n) is 6.94. The third-order valence-electron chi connectivity index (χ3n) is 1.53. The second kappa shape index (κ2) is 3.29. The van der Waals surface area contributed by atoms with Gasteiger partial charge in [-0.1, -0.05) is 17.7 Å². The van der Waals surface area contributed by atoms with Gasteiger partial charge in [0.1, 0.15) is 0 Å². The van der Waals surface area contributed by atoms with Crippen LogP contribution in [0.4, 0.5) is 0 Å². The van der Waals surface area contributed by atoms with E-state index in [-0.39, 0.29) is 4.90 Å². The smallest absolute Gasteiger partial charge is 0.283 e. The van der Waals surface area contributed by atoms with E-state index in [0.717, 1.165) is 13.6 Å². The molecule has 0 radical (unpaired) electrons. The lowest BCUT2D eigenvalue weighted by atomic mass is 10.2. The summed E-state index contributed by atoms with van der Waals surface area (Å²) in [5.74, 6) is 0. The molecule has 0 N–H and O–H groups in total. The monoisotopic (exact) mass is 184 g/mol. The molecule has 3 nitrogen and oxygen atoms in total. The van der Waals surface area contributed by atoms with E-state index < -0.39 is 10.1 Å². The third-order valence-corrected chi connectivity index (χ3v) is 2.82. The fraction of sp³-hybridized carbons (Fsp3) is 0.143. The Balaban J connectivity index is 3.14. The molecule has 1 aromatic carbocycles. The Hall–Kier alpha value is -0.805. The molecule has 12 heavy (non-hydrogen) atoms. The summed E-state index contributed by atoms with van der Waals surface area (Å²) < 4.78 is 26.5. The maximum absolute atomic E-state index is 11.1. The highest BCUT2D eigenvalue weighted by molar-refractivity contribution is 7.87. The largest absolute Gasteiger partial charge is 0.340 e. The molecule has 0 aliphatic carbocycles. The van der Waals surface area contributed by atoms with Crippen LogP contribution in [0.25, 0.3) is 0 Å². The normalized spacial score (nSPS) is 11.4. The first-order valence-electron chi connectivity index (χ1n) is 3.43. The first-order chi connectivity index (χ1) is 5.56. The molecule has 0 amide bonds. The van der Waals surface area contributed by atoms with Gasteiger partial charge in [-0.25, -0.2) is 0 Å². The van der Waals surface area contributed by atoms with Crippen LogP contribution in [-0.4, -0.2) is 16.5 Å². The molecular formula is C7H9BO3S. The topological polar surface area (TPSA) is 43.4 Å². The number of hydrogen-bond acceptors (Lipinski definition) is 3. The van der Waals surface area contributed by atoms with Crippen LogP contribution in [0.2, 0.25) is 0 Å². The van der Waals surface area contributed by atoms with Crippen LogP contribution >= 0.6 is 0 Å². The minimum atomic E-state index is -3.51. The van der Waals surface area contributed by atoms with E-state index >= 15 is 0 Å². The van der Waals surface area contributed by atoms with Crippen LogP contribution < -0.4 is 0 Å². The molecule has 0 saturated carbocycles. The predicted molar refractivity (Wildman–Crippen MR) is 48.0 cm³/mol. The molecule has 0 bridgehead atoms. The van der Waals surface area contributed by atoms with Crippen LogP contribution in [0.5, 0.6) is 0 Å². The van der Waals surface area contributed by atoms with E-state index in [2.05, 4.69) is 4.10 Å². The van der Waals surface area contributed by atoms with Crippen LogP contribution in [0.15, 0.2) is 29.2 Å². The molecule has 0 aliphatic rings. The van der Waals surface area contributed by atoms with Crippen molar-refractivity contribution in [2.75, 3.05) is 0 Å². The van der Waals surface area contributed by atoms with Gasteiger partial charge in [0.2, 0.25) is 0 Å². The van der Waals surface area contributed by atoms with Crippen molar-refractivity contribution in [3.05, 3.63) is 29.8 Å². The lowest BCUT2D eigenvalue weighted by Gasteiger charge is -2.00. The van der Waals surface area contributed by atoms with Crippen LogP contribution in [0, 0.1) is 6.92 Å². The van der Waals surface area contributed by atoms with Crippen molar-refractivity contribution >= 4 is 18.2 Å². The summed E-state index contributed by atoms with van der Waals surface area (Å²) in [6.07, 6.45) is 0. The summed E-state index contributed by atoms with van der Waals surface area (Å²) in [4.78, 5) is 0.190. The predicted octanol–water partition coefficient (Wildman–Crippen LogP) is 0.248. The molecule has 0 aliphatic heterocycles. The molecule has 0 spiro atoms. The second-order valence-corrected chi connectivity index (χ2v) is 4.15. The number of aryl methyl sites for hydroxylation is 1. The van der Waals surface area contributed by atoms with Gasteiger partial charge in [0.15, 0.2) is 0 Å². The molecule has 0 heterocycles. The number of benzene rings is 1. The number of hydrogen-bond donors (Lipinski definition) is 0. The minimum Gasteiger partial charge on any atom is -0.340 e. The van der Waals surface area contributed by atoms with Crippen molar-refractivity contribution in [3.63, 3.8) is 0 Å². The minimum absolute atomic E-state index is 0.190. The Labute approximate surface area is 72.9 Å². The highest BCUT2D eigenvalue weighted by Crippen LogP contribution is 2.11. The molecule has 64 valence electrons. The van der Waals surface area contributed by atoms with E-state index in [4.69, 9.17) is 0 Å². The maximum atomic E-state index is 11.1. The van der Waals surface area contributed by atoms with Crippen LogP contribution in [0.3, 0.4) is 0 Å². The molecule has 0 fully saturated rings. The zero-order valence-corrected chi connectivity index (χ0v) is 7.76. The van der Waals surface area contributed by atoms with Crippen molar-refractivity contribution in [3.8, 4) is 0 Å². The quantitative estimate of drug-likeness (QED) is 0.618. The third kappa shape index (κ3) is 1.87. The SMILES string of the molecule is BOS(=O)(=O)c1ccc(C)cc1. The van der Waals surface area contributed by atoms with Gasteiger partial charge in [0.05, 0.1) is 4.90 Å². The summed E-state index contributed by atoms with van der Waals surface area (Å²) in [5, 5.41) is 0. The standard InChI is InChI=1S/C7H9BO3S/c1-6-2-4-7(5-3-6)12(9,10)11-8/h2-5H,8H2,1H3. The summed E-state index contributed by atoms with van der Waals surface area (Å²) in [5.41, 5.74) is 1.02. The lowest BCUT2D eigenvalue weighted by Crippen LogP contribution is -2.03. The molecule has 5 heteroatoms. The molecule has 1 rings (SSSR count). The van der Waals surface area contributed by atoms with Crippen molar-refractivity contribution < 1.29 is 12.5 Å². The van der Waals surface area contributed by atoms with Crippen molar-refractivity contribution in [1.29, 1.82) is 0 Å². The van der Waals surface area contributed by atoms with Gasteiger partial charge in [-0.3, -0.25) is 0 Å². The number of rotatable bonds is 2. The second-order valence-electron chi connectivity index (χ2n) is 2.43. The highest BCUT2D eigenvalue weighted by Gasteiger charge is 2.10. The summed E-state index contributed by atoms with van der Waals surface area (Å²) in [6.45, 7) is 1.89. The van der Waals surface area contributed by atoms with Crippen molar-refractivity contribution in [2.45, 2.75) is 11.8 Å². The van der Waals surface area contributed by atoms with E-state index in [0.29, 0.717) is 0 Å². The molecule has 0 aromatic heterocycles. The lowest BCUT2D eigenvalue weighted by molar-refractivity contribution is 0.508. The van der Waals surface area contributed by atoms with Gasteiger partial charge in [0, 0.05) is 0 Å². The Morgan fingerprint density at radius 1 is 1.25 bits per heavy atom. The molecule has 1 aromatic rings. The van der Waals surface area contributed by atoms with Crippen molar-refractivity contribution in [1.82, 2.24) is 0 Å². The Bertz CT molecular complexity index is 355. The van der Waals surface area contributed by atoms with E-state index in [1.807, 2.05) is 6.92 Å². The zero-order chi connectivity index (χ0) is 9.19. The average molecular weight is 184 g/mol. The summed E-state index contributed by atoms with van der Waals surface area (Å²) in [6, 6.07) is 6.50. The highest BCUT2D eigenvalue weighted by atomic mass is 32.2. The fourth-order valence-electron chi connectivity index (χ4n) is 0.801. The van der Waals surface area contributed by atoms with Gasteiger partial charge >= 0.3 is 0 Å². The Kier molecular flexibility index (Phi) is 2.54. The summed E-state index contributed by atoms with van der Waals surface area (Å²) >= 11 is 0. The average Bonchev–Trinajstić information content (AvgIpc) is 2.05. The molecule has 0 atom stereocenters. The fourth-order valence-corrected chi connectivity index (χ4v) is 1.46. The first kappa shape index (κ1) is 9.28. The van der Waals surface area contributed by atoms with Gasteiger partial charge < -0.3 is 4.10 Å². The maximum Gasteiger partial charge on any atom is 0.283 e. The Morgan fingerprint density at radius 3 is 2.17 bits per heavy atom. The van der Waals surface area contributed by atoms with Gasteiger partial charge in [0.25, 0.3) is 18.2 Å². The van der Waals surface area contributed by atoms with Gasteiger partial charge in [-0.2, -0.15) is 8.42 Å². The van der Waals surface area contributed by atoms with E-state index in [1.54, 1.807) is 12.1 Å². The molecular weight excluding hydrogens is 175 g/mol.